The molecule has 4 nitrogen and oxygen atoms in total. The van der Waals surface area contributed by atoms with Crippen LogP contribution >= 0.6 is 0 Å². The van der Waals surface area contributed by atoms with Gasteiger partial charge in [-0.1, -0.05) is 46.0 Å². The van der Waals surface area contributed by atoms with Gasteiger partial charge in [0.25, 0.3) is 0 Å². The van der Waals surface area contributed by atoms with E-state index in [1.807, 2.05) is 36.7 Å². The van der Waals surface area contributed by atoms with Gasteiger partial charge in [0.2, 0.25) is 0 Å². The van der Waals surface area contributed by atoms with Crippen molar-refractivity contribution in [1.82, 2.24) is 9.97 Å². The zero-order valence-corrected chi connectivity index (χ0v) is 21.2. The third kappa shape index (κ3) is 6.67. The number of carbonyl (C=O) groups is 1. The number of ether oxygens (including phenoxy) is 1. The molecule has 2 fully saturated rings. The molecule has 0 unspecified atom stereocenters. The van der Waals surface area contributed by atoms with Gasteiger partial charge in [-0.15, -0.1) is 0 Å². The standard InChI is InChI=1S/C30H42N2O2/c1-3-5-6-7-23-10-14-26(15-11-23)30(33)34-28-18-16-25(17-19-28)29-31-20-27(21-32-29)24-12-8-22(4-2)9-13-24/h16-24,26H,3-15H2,1-2H3. The molecule has 1 aromatic heterocycles. The maximum Gasteiger partial charge on any atom is 0.314 e. The summed E-state index contributed by atoms with van der Waals surface area (Å²) in [6.45, 7) is 4.55. The highest BCUT2D eigenvalue weighted by atomic mass is 16.5. The number of benzene rings is 1. The molecule has 4 rings (SSSR count). The van der Waals surface area contributed by atoms with E-state index in [1.54, 1.807) is 0 Å². The summed E-state index contributed by atoms with van der Waals surface area (Å²) in [5, 5.41) is 0. The monoisotopic (exact) mass is 462 g/mol. The number of carbonyl (C=O) groups excluding carboxylic acids is 1. The van der Waals surface area contributed by atoms with Crippen LogP contribution in [0.3, 0.4) is 0 Å². The Morgan fingerprint density at radius 2 is 1.50 bits per heavy atom. The van der Waals surface area contributed by atoms with E-state index in [9.17, 15) is 4.79 Å². The summed E-state index contributed by atoms with van der Waals surface area (Å²) in [6.07, 6.45) is 20.0. The van der Waals surface area contributed by atoms with Crippen LogP contribution in [0, 0.1) is 17.8 Å². The van der Waals surface area contributed by atoms with Crippen molar-refractivity contribution < 1.29 is 9.53 Å². The highest BCUT2D eigenvalue weighted by molar-refractivity contribution is 5.75. The van der Waals surface area contributed by atoms with Crippen LogP contribution in [0.5, 0.6) is 5.75 Å². The summed E-state index contributed by atoms with van der Waals surface area (Å²) >= 11 is 0. The van der Waals surface area contributed by atoms with E-state index in [2.05, 4.69) is 23.8 Å². The molecule has 1 aromatic carbocycles. The normalized spacial score (nSPS) is 25.1. The smallest absolute Gasteiger partial charge is 0.314 e. The molecular formula is C30H42N2O2. The minimum atomic E-state index is -0.0712. The van der Waals surface area contributed by atoms with E-state index >= 15 is 0 Å². The maximum atomic E-state index is 12.7. The molecule has 0 amide bonds. The fraction of sp³-hybridized carbons (Fsp3) is 0.633. The van der Waals surface area contributed by atoms with Gasteiger partial charge in [-0.05, 0) is 98.9 Å². The number of hydrogen-bond acceptors (Lipinski definition) is 4. The molecule has 2 aromatic rings. The number of esters is 1. The zero-order valence-electron chi connectivity index (χ0n) is 21.2. The van der Waals surface area contributed by atoms with Crippen LogP contribution in [0.15, 0.2) is 36.7 Å². The Kier molecular flexibility index (Phi) is 9.12. The van der Waals surface area contributed by atoms with E-state index in [-0.39, 0.29) is 11.9 Å². The first-order chi connectivity index (χ1) is 16.7. The molecule has 0 bridgehead atoms. The van der Waals surface area contributed by atoms with Gasteiger partial charge >= 0.3 is 5.97 Å². The number of rotatable bonds is 9. The van der Waals surface area contributed by atoms with Crippen LogP contribution in [0.25, 0.3) is 11.4 Å². The Morgan fingerprint density at radius 3 is 2.12 bits per heavy atom. The van der Waals surface area contributed by atoms with E-state index in [1.165, 1.54) is 63.4 Å². The van der Waals surface area contributed by atoms with Crippen molar-refractivity contribution >= 4 is 5.97 Å². The molecule has 0 aliphatic heterocycles. The minimum Gasteiger partial charge on any atom is -0.426 e. The van der Waals surface area contributed by atoms with Crippen molar-refractivity contribution in [3.05, 3.63) is 42.2 Å². The molecule has 2 aliphatic rings. The predicted octanol–water partition coefficient (Wildman–Crippen LogP) is 8.12. The lowest BCUT2D eigenvalue weighted by Crippen LogP contribution is -2.25. The lowest BCUT2D eigenvalue weighted by atomic mass is 9.78. The van der Waals surface area contributed by atoms with E-state index in [4.69, 9.17) is 4.74 Å². The van der Waals surface area contributed by atoms with Gasteiger partial charge in [-0.2, -0.15) is 0 Å². The summed E-state index contributed by atoms with van der Waals surface area (Å²) in [6, 6.07) is 7.64. The SMILES string of the molecule is CCCCCC1CCC(C(=O)Oc2ccc(-c3ncc(C4CCC(CC)CC4)cn3)cc2)CC1. The molecule has 2 saturated carbocycles. The Labute approximate surface area is 205 Å². The fourth-order valence-electron chi connectivity index (χ4n) is 5.84. The van der Waals surface area contributed by atoms with Crippen LogP contribution in [0.4, 0.5) is 0 Å². The molecule has 184 valence electrons. The van der Waals surface area contributed by atoms with Gasteiger partial charge in [0.1, 0.15) is 5.75 Å². The molecular weight excluding hydrogens is 420 g/mol. The van der Waals surface area contributed by atoms with Crippen LogP contribution in [-0.2, 0) is 4.79 Å². The number of aromatic nitrogens is 2. The van der Waals surface area contributed by atoms with Gasteiger partial charge in [0.15, 0.2) is 5.82 Å². The predicted molar refractivity (Wildman–Crippen MR) is 138 cm³/mol. The highest BCUT2D eigenvalue weighted by Crippen LogP contribution is 2.37. The second-order valence-electron chi connectivity index (χ2n) is 10.6. The van der Waals surface area contributed by atoms with Crippen LogP contribution in [0.2, 0.25) is 0 Å². The van der Waals surface area contributed by atoms with Crippen molar-refractivity contribution in [3.63, 3.8) is 0 Å². The average Bonchev–Trinajstić information content (AvgIpc) is 2.90. The van der Waals surface area contributed by atoms with E-state index < -0.39 is 0 Å². The van der Waals surface area contributed by atoms with Crippen molar-refractivity contribution in [3.8, 4) is 17.1 Å². The second kappa shape index (κ2) is 12.5. The quantitative estimate of drug-likeness (QED) is 0.214. The highest BCUT2D eigenvalue weighted by Gasteiger charge is 2.27. The molecule has 0 N–H and O–H groups in total. The largest absolute Gasteiger partial charge is 0.426 e. The molecule has 2 aliphatic carbocycles. The van der Waals surface area contributed by atoms with Gasteiger partial charge < -0.3 is 4.74 Å². The van der Waals surface area contributed by atoms with Crippen LogP contribution < -0.4 is 4.74 Å². The Balaban J connectivity index is 1.26. The molecule has 0 atom stereocenters. The fourth-order valence-corrected chi connectivity index (χ4v) is 5.84. The molecule has 0 saturated heterocycles. The number of unbranched alkanes of at least 4 members (excludes halogenated alkanes) is 2. The summed E-state index contributed by atoms with van der Waals surface area (Å²) in [5.41, 5.74) is 2.22. The molecule has 34 heavy (non-hydrogen) atoms. The molecule has 0 radical (unpaired) electrons. The van der Waals surface area contributed by atoms with E-state index in [0.717, 1.165) is 48.9 Å². The second-order valence-corrected chi connectivity index (χ2v) is 10.6. The molecule has 1 heterocycles. The third-order valence-corrected chi connectivity index (χ3v) is 8.29. The summed E-state index contributed by atoms with van der Waals surface area (Å²) in [7, 11) is 0. The molecule has 0 spiro atoms. The first-order valence-electron chi connectivity index (χ1n) is 13.8. The Bertz CT molecular complexity index is 877. The lowest BCUT2D eigenvalue weighted by Gasteiger charge is -2.27. The summed E-state index contributed by atoms with van der Waals surface area (Å²) in [5.74, 6) is 3.62. The van der Waals surface area contributed by atoms with E-state index in [0.29, 0.717) is 11.7 Å². The summed E-state index contributed by atoms with van der Waals surface area (Å²) < 4.78 is 5.72. The van der Waals surface area contributed by atoms with Gasteiger partial charge in [0, 0.05) is 18.0 Å². The average molecular weight is 463 g/mol. The Hall–Kier alpha value is -2.23. The maximum absolute atomic E-state index is 12.7. The van der Waals surface area contributed by atoms with Crippen molar-refractivity contribution in [2.24, 2.45) is 17.8 Å². The van der Waals surface area contributed by atoms with Crippen molar-refractivity contribution in [2.45, 2.75) is 103 Å². The van der Waals surface area contributed by atoms with Gasteiger partial charge in [-0.3, -0.25) is 4.79 Å². The minimum absolute atomic E-state index is 0.0466. The first-order valence-corrected chi connectivity index (χ1v) is 13.8. The van der Waals surface area contributed by atoms with Crippen LogP contribution in [-0.4, -0.2) is 15.9 Å². The zero-order chi connectivity index (χ0) is 23.8. The lowest BCUT2D eigenvalue weighted by molar-refractivity contribution is -0.140. The number of nitrogens with zero attached hydrogens (tertiary/aromatic N) is 2. The third-order valence-electron chi connectivity index (χ3n) is 8.29. The molecule has 4 heteroatoms. The van der Waals surface area contributed by atoms with Crippen molar-refractivity contribution in [2.75, 3.05) is 0 Å². The van der Waals surface area contributed by atoms with Gasteiger partial charge in [0.05, 0.1) is 5.92 Å². The topological polar surface area (TPSA) is 52.1 Å². The first kappa shape index (κ1) is 24.9. The summed E-state index contributed by atoms with van der Waals surface area (Å²) in [4.78, 5) is 22.0. The van der Waals surface area contributed by atoms with Crippen LogP contribution in [0.1, 0.15) is 109 Å². The number of hydrogen-bond donors (Lipinski definition) is 0. The Morgan fingerprint density at radius 1 is 0.853 bits per heavy atom. The van der Waals surface area contributed by atoms with Crippen molar-refractivity contribution in [1.29, 1.82) is 0 Å². The van der Waals surface area contributed by atoms with Gasteiger partial charge in [-0.25, -0.2) is 9.97 Å².